The summed E-state index contributed by atoms with van der Waals surface area (Å²) in [5.41, 5.74) is 0. The van der Waals surface area contributed by atoms with E-state index in [1.807, 2.05) is 0 Å². The average molecular weight is 286 g/mol. The van der Waals surface area contributed by atoms with Crippen LogP contribution in [0.1, 0.15) is 46.0 Å². The third-order valence-corrected chi connectivity index (χ3v) is 4.35. The minimum atomic E-state index is -0.521. The van der Waals surface area contributed by atoms with Gasteiger partial charge < -0.3 is 10.6 Å². The van der Waals surface area contributed by atoms with E-state index in [-0.39, 0.29) is 11.8 Å². The van der Waals surface area contributed by atoms with E-state index in [4.69, 9.17) is 0 Å². The third kappa shape index (κ3) is 5.85. The molecule has 0 bridgehead atoms. The van der Waals surface area contributed by atoms with Gasteiger partial charge in [0, 0.05) is 19.2 Å². The zero-order valence-corrected chi connectivity index (χ0v) is 12.8. The number of thiol groups is 1. The van der Waals surface area contributed by atoms with Gasteiger partial charge in [-0.2, -0.15) is 12.6 Å². The lowest BCUT2D eigenvalue weighted by atomic mass is 9.81. The van der Waals surface area contributed by atoms with Crippen molar-refractivity contribution in [3.8, 4) is 0 Å². The van der Waals surface area contributed by atoms with Crippen LogP contribution in [0, 0.1) is 11.8 Å². The van der Waals surface area contributed by atoms with Crippen molar-refractivity contribution >= 4 is 24.4 Å². The summed E-state index contributed by atoms with van der Waals surface area (Å²) in [7, 11) is 0. The number of amides is 2. The van der Waals surface area contributed by atoms with Crippen LogP contribution in [0.15, 0.2) is 0 Å². The van der Waals surface area contributed by atoms with Crippen LogP contribution in [0.3, 0.4) is 0 Å². The molecule has 1 rings (SSSR count). The van der Waals surface area contributed by atoms with Crippen molar-refractivity contribution in [3.05, 3.63) is 0 Å². The maximum atomic E-state index is 11.9. The first kappa shape index (κ1) is 16.3. The van der Waals surface area contributed by atoms with E-state index in [1.165, 1.54) is 39.0 Å². The van der Waals surface area contributed by atoms with Gasteiger partial charge in [-0.1, -0.05) is 26.2 Å². The number of nitrogens with one attached hydrogen (secondary N) is 2. The fourth-order valence-electron chi connectivity index (χ4n) is 2.65. The second-order valence-electron chi connectivity index (χ2n) is 5.48. The van der Waals surface area contributed by atoms with Crippen LogP contribution >= 0.6 is 12.6 Å². The summed E-state index contributed by atoms with van der Waals surface area (Å²) in [4.78, 5) is 22.9. The molecule has 1 saturated carbocycles. The summed E-state index contributed by atoms with van der Waals surface area (Å²) in [6.45, 7) is 4.38. The van der Waals surface area contributed by atoms with E-state index in [2.05, 4.69) is 30.2 Å². The Hall–Kier alpha value is -0.710. The Morgan fingerprint density at radius 2 is 1.79 bits per heavy atom. The van der Waals surface area contributed by atoms with E-state index in [0.717, 1.165) is 12.5 Å². The Morgan fingerprint density at radius 1 is 1.21 bits per heavy atom. The van der Waals surface area contributed by atoms with Crippen LogP contribution in [0.2, 0.25) is 0 Å². The Kier molecular flexibility index (Phi) is 7.28. The molecule has 0 aromatic heterocycles. The summed E-state index contributed by atoms with van der Waals surface area (Å²) < 4.78 is 0. The molecule has 0 heterocycles. The van der Waals surface area contributed by atoms with Crippen molar-refractivity contribution in [2.24, 2.45) is 11.8 Å². The normalized spacial score (nSPS) is 24.6. The third-order valence-electron chi connectivity index (χ3n) is 3.99. The van der Waals surface area contributed by atoms with Gasteiger partial charge in [-0.15, -0.1) is 0 Å². The predicted octanol–water partition coefficient (Wildman–Crippen LogP) is 1.75. The quantitative estimate of drug-likeness (QED) is 0.652. The average Bonchev–Trinajstić information content (AvgIpc) is 2.42. The zero-order chi connectivity index (χ0) is 14.3. The molecule has 0 saturated heterocycles. The molecule has 0 radical (unpaired) electrons. The summed E-state index contributed by atoms with van der Waals surface area (Å²) in [6.07, 6.45) is 6.22. The molecule has 0 aliphatic heterocycles. The van der Waals surface area contributed by atoms with Gasteiger partial charge >= 0.3 is 0 Å². The number of hydrogen-bond acceptors (Lipinski definition) is 3. The first-order valence-corrected chi connectivity index (χ1v) is 7.85. The molecule has 0 aromatic carbocycles. The highest BCUT2D eigenvalue weighted by atomic mass is 32.1. The van der Waals surface area contributed by atoms with Gasteiger partial charge in [-0.25, -0.2) is 0 Å². The molecular weight excluding hydrogens is 260 g/mol. The van der Waals surface area contributed by atoms with Crippen LogP contribution in [0.4, 0.5) is 0 Å². The minimum Gasteiger partial charge on any atom is -0.354 e. The molecule has 1 aliphatic carbocycles. The van der Waals surface area contributed by atoms with Crippen molar-refractivity contribution in [2.45, 2.75) is 52.0 Å². The van der Waals surface area contributed by atoms with Crippen molar-refractivity contribution in [2.75, 3.05) is 12.3 Å². The van der Waals surface area contributed by atoms with Gasteiger partial charge in [0.05, 0.1) is 0 Å². The number of carbonyl (C=O) groups excluding carboxylic acids is 2. The topological polar surface area (TPSA) is 58.2 Å². The highest BCUT2D eigenvalue weighted by molar-refractivity contribution is 7.80. The maximum Gasteiger partial charge on any atom is 0.243 e. The summed E-state index contributed by atoms with van der Waals surface area (Å²) in [5, 5.41) is 5.54. The number of hydrogen-bond donors (Lipinski definition) is 3. The van der Waals surface area contributed by atoms with Gasteiger partial charge in [0.15, 0.2) is 0 Å². The van der Waals surface area contributed by atoms with Crippen LogP contribution in [0.5, 0.6) is 0 Å². The van der Waals surface area contributed by atoms with E-state index in [9.17, 15) is 9.59 Å². The molecule has 1 unspecified atom stereocenters. The molecule has 0 aromatic rings. The SMILES string of the molecule is CCC1CCC(CNC(=O)C(CS)NC(C)=O)CC1. The van der Waals surface area contributed by atoms with Crippen LogP contribution < -0.4 is 10.6 Å². The minimum absolute atomic E-state index is 0.122. The molecule has 2 N–H and O–H groups in total. The Morgan fingerprint density at radius 3 is 2.26 bits per heavy atom. The first-order chi connectivity index (χ1) is 9.06. The number of carbonyl (C=O) groups is 2. The lowest BCUT2D eigenvalue weighted by molar-refractivity contribution is -0.127. The van der Waals surface area contributed by atoms with Crippen LogP contribution in [-0.4, -0.2) is 30.2 Å². The summed E-state index contributed by atoms with van der Waals surface area (Å²) in [6, 6.07) is -0.521. The smallest absolute Gasteiger partial charge is 0.243 e. The Bertz CT molecular complexity index is 302. The molecule has 2 amide bonds. The van der Waals surface area contributed by atoms with Crippen molar-refractivity contribution in [1.82, 2.24) is 10.6 Å². The largest absolute Gasteiger partial charge is 0.354 e. The highest BCUT2D eigenvalue weighted by Gasteiger charge is 2.22. The molecule has 0 spiro atoms. The van der Waals surface area contributed by atoms with Gasteiger partial charge in [0.2, 0.25) is 11.8 Å². The lowest BCUT2D eigenvalue weighted by Crippen LogP contribution is -2.48. The van der Waals surface area contributed by atoms with Crippen molar-refractivity contribution < 1.29 is 9.59 Å². The molecule has 110 valence electrons. The first-order valence-electron chi connectivity index (χ1n) is 7.22. The highest BCUT2D eigenvalue weighted by Crippen LogP contribution is 2.30. The van der Waals surface area contributed by atoms with E-state index in [1.54, 1.807) is 0 Å². The summed E-state index contributed by atoms with van der Waals surface area (Å²) >= 11 is 4.10. The standard InChI is InChI=1S/C14H26N2O2S/c1-3-11-4-6-12(7-5-11)8-15-14(18)13(9-19)16-10(2)17/h11-13,19H,3-9H2,1-2H3,(H,15,18)(H,16,17). The van der Waals surface area contributed by atoms with Crippen LogP contribution in [-0.2, 0) is 9.59 Å². The monoisotopic (exact) mass is 286 g/mol. The molecule has 1 fully saturated rings. The van der Waals surface area contributed by atoms with Gasteiger partial charge in [0.25, 0.3) is 0 Å². The fraction of sp³-hybridized carbons (Fsp3) is 0.857. The zero-order valence-electron chi connectivity index (χ0n) is 11.9. The second kappa shape index (κ2) is 8.46. The molecule has 1 aliphatic rings. The van der Waals surface area contributed by atoms with E-state index in [0.29, 0.717) is 11.7 Å². The van der Waals surface area contributed by atoms with Crippen molar-refractivity contribution in [3.63, 3.8) is 0 Å². The Balaban J connectivity index is 2.27. The maximum absolute atomic E-state index is 11.9. The molecular formula is C14H26N2O2S. The van der Waals surface area contributed by atoms with E-state index >= 15 is 0 Å². The number of rotatable bonds is 6. The fourth-order valence-corrected chi connectivity index (χ4v) is 2.91. The molecule has 1 atom stereocenters. The second-order valence-corrected chi connectivity index (χ2v) is 5.84. The van der Waals surface area contributed by atoms with E-state index < -0.39 is 6.04 Å². The van der Waals surface area contributed by atoms with Gasteiger partial charge in [0.1, 0.15) is 6.04 Å². The molecule has 19 heavy (non-hydrogen) atoms. The molecule has 5 heteroatoms. The van der Waals surface area contributed by atoms with Gasteiger partial charge in [-0.3, -0.25) is 9.59 Å². The lowest BCUT2D eigenvalue weighted by Gasteiger charge is -2.28. The predicted molar refractivity (Wildman–Crippen MR) is 80.2 cm³/mol. The molecule has 4 nitrogen and oxygen atoms in total. The van der Waals surface area contributed by atoms with Crippen molar-refractivity contribution in [1.29, 1.82) is 0 Å². The van der Waals surface area contributed by atoms with Gasteiger partial charge in [-0.05, 0) is 24.7 Å². The summed E-state index contributed by atoms with van der Waals surface area (Å²) in [5.74, 6) is 1.47. The van der Waals surface area contributed by atoms with Crippen LogP contribution in [0.25, 0.3) is 0 Å². The Labute approximate surface area is 121 Å².